The molecule has 2 aromatic carbocycles. The molecule has 1 N–H and O–H groups in total. The molecule has 0 unspecified atom stereocenters. The van der Waals surface area contributed by atoms with Gasteiger partial charge in [-0.25, -0.2) is 12.8 Å². The van der Waals surface area contributed by atoms with Gasteiger partial charge >= 0.3 is 0 Å². The zero-order valence-electron chi connectivity index (χ0n) is 17.6. The molecule has 8 heteroatoms. The number of hydrogen-bond acceptors (Lipinski definition) is 4. The Kier molecular flexibility index (Phi) is 8.65. The Bertz CT molecular complexity index is 950. The fourth-order valence-electron chi connectivity index (χ4n) is 3.28. The molecule has 1 atom stereocenters. The lowest BCUT2D eigenvalue weighted by molar-refractivity contribution is -0.122. The van der Waals surface area contributed by atoms with Crippen LogP contribution in [0.25, 0.3) is 0 Å². The second kappa shape index (κ2) is 11.0. The van der Waals surface area contributed by atoms with Crippen molar-refractivity contribution in [3.63, 3.8) is 0 Å². The van der Waals surface area contributed by atoms with E-state index < -0.39 is 27.8 Å². The van der Waals surface area contributed by atoms with Crippen molar-refractivity contribution in [3.8, 4) is 5.75 Å². The van der Waals surface area contributed by atoms with Crippen LogP contribution in [0.5, 0.6) is 5.75 Å². The monoisotopic (exact) mass is 436 g/mol. The van der Waals surface area contributed by atoms with Crippen LogP contribution < -0.4 is 14.4 Å². The summed E-state index contributed by atoms with van der Waals surface area (Å²) in [7, 11) is -3.87. The van der Waals surface area contributed by atoms with Crippen LogP contribution in [0.2, 0.25) is 0 Å². The Balaban J connectivity index is 2.06. The number of nitrogens with one attached hydrogen (secondary N) is 1. The van der Waals surface area contributed by atoms with Gasteiger partial charge in [-0.2, -0.15) is 0 Å². The van der Waals surface area contributed by atoms with Crippen LogP contribution in [0.4, 0.5) is 10.1 Å². The summed E-state index contributed by atoms with van der Waals surface area (Å²) in [5.74, 6) is -0.327. The van der Waals surface area contributed by atoms with E-state index in [9.17, 15) is 17.6 Å². The van der Waals surface area contributed by atoms with E-state index in [0.29, 0.717) is 26.0 Å². The number of para-hydroxylation sites is 2. The molecule has 6 nitrogen and oxygen atoms in total. The lowest BCUT2D eigenvalue weighted by Crippen LogP contribution is -2.49. The molecule has 2 aromatic rings. The molecular weight excluding hydrogens is 407 g/mol. The number of amides is 1. The van der Waals surface area contributed by atoms with E-state index in [1.54, 1.807) is 6.92 Å². The van der Waals surface area contributed by atoms with Gasteiger partial charge in [0, 0.05) is 6.54 Å². The first kappa shape index (κ1) is 23.7. The van der Waals surface area contributed by atoms with Crippen molar-refractivity contribution in [2.75, 3.05) is 23.7 Å². The number of hydrogen-bond donors (Lipinski definition) is 1. The summed E-state index contributed by atoms with van der Waals surface area (Å²) in [6.45, 7) is 4.56. The van der Waals surface area contributed by atoms with Crippen molar-refractivity contribution >= 4 is 21.6 Å². The Morgan fingerprint density at radius 1 is 1.13 bits per heavy atom. The highest BCUT2D eigenvalue weighted by Crippen LogP contribution is 2.25. The standard InChI is InChI=1S/C22H29FN2O4S/c1-4-19(25(30(3,27)28)20-14-8-7-13-18(20)23)22(26)24-16-10-12-17-11-6-9-15-21(17)29-5-2/h6-9,11,13-15,19H,4-5,10,12,16H2,1-3H3,(H,24,26)/t19-/m0/s1. The van der Waals surface area contributed by atoms with Crippen LogP contribution in [-0.4, -0.2) is 39.8 Å². The van der Waals surface area contributed by atoms with E-state index in [4.69, 9.17) is 4.74 Å². The largest absolute Gasteiger partial charge is 0.494 e. The van der Waals surface area contributed by atoms with Crippen molar-refractivity contribution < 1.29 is 22.3 Å². The zero-order chi connectivity index (χ0) is 22.1. The molecule has 30 heavy (non-hydrogen) atoms. The quantitative estimate of drug-likeness (QED) is 0.547. The molecule has 1 amide bonds. The number of carbonyl (C=O) groups is 1. The predicted octanol–water partition coefficient (Wildman–Crippen LogP) is 3.52. The predicted molar refractivity (Wildman–Crippen MR) is 117 cm³/mol. The van der Waals surface area contributed by atoms with E-state index in [2.05, 4.69) is 5.32 Å². The van der Waals surface area contributed by atoms with Crippen LogP contribution in [0, 0.1) is 5.82 Å². The molecule has 0 saturated heterocycles. The van der Waals surface area contributed by atoms with Gasteiger partial charge in [0.1, 0.15) is 17.6 Å². The Hall–Kier alpha value is -2.61. The van der Waals surface area contributed by atoms with Crippen LogP contribution in [0.1, 0.15) is 32.3 Å². The molecule has 0 radical (unpaired) electrons. The SMILES string of the molecule is CCOc1ccccc1CCCNC(=O)[C@H](CC)N(c1ccccc1F)S(C)(=O)=O. The molecule has 164 valence electrons. The first-order valence-corrected chi connectivity index (χ1v) is 11.9. The molecule has 0 fully saturated rings. The van der Waals surface area contributed by atoms with Crippen molar-refractivity contribution in [1.29, 1.82) is 0 Å². The normalized spacial score (nSPS) is 12.3. The van der Waals surface area contributed by atoms with Gasteiger partial charge in [0.15, 0.2) is 0 Å². The summed E-state index contributed by atoms with van der Waals surface area (Å²) in [4.78, 5) is 12.8. The minimum absolute atomic E-state index is 0.132. The van der Waals surface area contributed by atoms with E-state index in [0.717, 1.165) is 21.9 Å². The number of carbonyl (C=O) groups excluding carboxylic acids is 1. The Labute approximate surface area is 178 Å². The first-order valence-electron chi connectivity index (χ1n) is 10.0. The Morgan fingerprint density at radius 2 is 1.80 bits per heavy atom. The van der Waals surface area contributed by atoms with Crippen molar-refractivity contribution in [2.24, 2.45) is 0 Å². The summed E-state index contributed by atoms with van der Waals surface area (Å²) in [6, 6.07) is 12.2. The van der Waals surface area contributed by atoms with Gasteiger partial charge in [-0.05, 0) is 49.9 Å². The molecule has 0 saturated carbocycles. The molecule has 0 spiro atoms. The summed E-state index contributed by atoms with van der Waals surface area (Å²) in [5.41, 5.74) is 0.914. The first-order chi connectivity index (χ1) is 14.3. The molecule has 0 aliphatic rings. The highest BCUT2D eigenvalue weighted by Gasteiger charge is 2.32. The highest BCUT2D eigenvalue weighted by atomic mass is 32.2. The number of rotatable bonds is 11. The maximum atomic E-state index is 14.3. The summed E-state index contributed by atoms with van der Waals surface area (Å²) in [6.07, 6.45) is 2.54. The fraction of sp³-hybridized carbons (Fsp3) is 0.409. The van der Waals surface area contributed by atoms with Crippen LogP contribution in [0.15, 0.2) is 48.5 Å². The number of benzene rings is 2. The van der Waals surface area contributed by atoms with Crippen molar-refractivity contribution in [1.82, 2.24) is 5.32 Å². The Morgan fingerprint density at radius 3 is 2.43 bits per heavy atom. The summed E-state index contributed by atoms with van der Waals surface area (Å²) < 4.78 is 45.5. The third-order valence-corrected chi connectivity index (χ3v) is 5.78. The van der Waals surface area contributed by atoms with Crippen LogP contribution >= 0.6 is 0 Å². The number of sulfonamides is 1. The second-order valence-corrected chi connectivity index (χ2v) is 8.73. The zero-order valence-corrected chi connectivity index (χ0v) is 18.4. The van der Waals surface area contributed by atoms with Gasteiger partial charge in [-0.1, -0.05) is 37.3 Å². The lowest BCUT2D eigenvalue weighted by Gasteiger charge is -2.30. The average Bonchev–Trinajstić information content (AvgIpc) is 2.70. The lowest BCUT2D eigenvalue weighted by atomic mass is 10.1. The molecule has 0 aliphatic carbocycles. The third kappa shape index (κ3) is 6.19. The smallest absolute Gasteiger partial charge is 0.243 e. The maximum Gasteiger partial charge on any atom is 0.243 e. The minimum Gasteiger partial charge on any atom is -0.494 e. The van der Waals surface area contributed by atoms with Crippen molar-refractivity contribution in [3.05, 3.63) is 59.9 Å². The second-order valence-electron chi connectivity index (χ2n) is 6.87. The summed E-state index contributed by atoms with van der Waals surface area (Å²) >= 11 is 0. The minimum atomic E-state index is -3.87. The van der Waals surface area contributed by atoms with Gasteiger partial charge in [0.05, 0.1) is 18.6 Å². The topological polar surface area (TPSA) is 75.7 Å². The molecule has 0 aliphatic heterocycles. The maximum absolute atomic E-state index is 14.3. The van der Waals surface area contributed by atoms with Crippen LogP contribution in [-0.2, 0) is 21.2 Å². The number of nitrogens with zero attached hydrogens (tertiary/aromatic N) is 1. The molecule has 0 aromatic heterocycles. The molecule has 0 bridgehead atoms. The molecular formula is C22H29FN2O4S. The van der Waals surface area contributed by atoms with Gasteiger partial charge in [0.2, 0.25) is 15.9 Å². The summed E-state index contributed by atoms with van der Waals surface area (Å²) in [5, 5.41) is 2.79. The highest BCUT2D eigenvalue weighted by molar-refractivity contribution is 7.92. The van der Waals surface area contributed by atoms with E-state index in [-0.39, 0.29) is 12.1 Å². The fourth-order valence-corrected chi connectivity index (χ4v) is 4.49. The van der Waals surface area contributed by atoms with E-state index in [1.165, 1.54) is 24.3 Å². The van der Waals surface area contributed by atoms with Gasteiger partial charge in [0.25, 0.3) is 0 Å². The third-order valence-electron chi connectivity index (χ3n) is 4.61. The van der Waals surface area contributed by atoms with Gasteiger partial charge in [-0.15, -0.1) is 0 Å². The van der Waals surface area contributed by atoms with E-state index in [1.807, 2.05) is 31.2 Å². The number of halogens is 1. The molecule has 0 heterocycles. The molecule has 2 rings (SSSR count). The van der Waals surface area contributed by atoms with E-state index >= 15 is 0 Å². The van der Waals surface area contributed by atoms with Gasteiger partial charge in [-0.3, -0.25) is 9.10 Å². The number of ether oxygens (including phenoxy) is 1. The average molecular weight is 437 g/mol. The van der Waals surface area contributed by atoms with Crippen molar-refractivity contribution in [2.45, 2.75) is 39.2 Å². The van der Waals surface area contributed by atoms with Gasteiger partial charge < -0.3 is 10.1 Å². The van der Waals surface area contributed by atoms with Crippen LogP contribution in [0.3, 0.4) is 0 Å². The number of aryl methyl sites for hydroxylation is 1. The number of anilines is 1.